The van der Waals surface area contributed by atoms with Crippen LogP contribution in [0.15, 0.2) is 41.6 Å². The Labute approximate surface area is 142 Å². The number of likely N-dealkylation sites (tertiary alicyclic amines) is 1. The summed E-state index contributed by atoms with van der Waals surface area (Å²) in [7, 11) is -3.25. The molecule has 1 atom stereocenters. The molecule has 0 saturated carbocycles. The maximum absolute atomic E-state index is 12.7. The van der Waals surface area contributed by atoms with Gasteiger partial charge < -0.3 is 4.90 Å². The fourth-order valence-corrected chi connectivity index (χ4v) is 3.65. The Hall–Kier alpha value is -2.15. The van der Waals surface area contributed by atoms with Crippen LogP contribution in [0, 0.1) is 6.92 Å². The van der Waals surface area contributed by atoms with Crippen molar-refractivity contribution < 1.29 is 13.2 Å². The number of carbonyl (C=O) groups excluding carboxylic acids is 1. The number of amides is 1. The Balaban J connectivity index is 1.74. The molecule has 2 heterocycles. The zero-order valence-corrected chi connectivity index (χ0v) is 14.7. The van der Waals surface area contributed by atoms with Gasteiger partial charge in [-0.25, -0.2) is 8.42 Å². The molecular formula is C17H21N3O3S. The molecule has 0 unspecified atom stereocenters. The highest BCUT2D eigenvalue weighted by atomic mass is 32.2. The number of piperidine rings is 1. The minimum atomic E-state index is -3.25. The molecule has 1 fully saturated rings. The number of nitrogens with zero attached hydrogens (tertiary/aromatic N) is 3. The van der Waals surface area contributed by atoms with Gasteiger partial charge in [-0.1, -0.05) is 0 Å². The minimum Gasteiger partial charge on any atom is -0.337 e. The summed E-state index contributed by atoms with van der Waals surface area (Å²) >= 11 is 0. The van der Waals surface area contributed by atoms with E-state index >= 15 is 0 Å². The quantitative estimate of drug-likeness (QED) is 0.852. The second kappa shape index (κ2) is 6.39. The molecule has 0 spiro atoms. The summed E-state index contributed by atoms with van der Waals surface area (Å²) in [6.07, 6.45) is 6.91. The van der Waals surface area contributed by atoms with Crippen molar-refractivity contribution in [3.8, 4) is 0 Å². The highest BCUT2D eigenvalue weighted by molar-refractivity contribution is 7.90. The van der Waals surface area contributed by atoms with Gasteiger partial charge >= 0.3 is 0 Å². The highest BCUT2D eigenvalue weighted by Gasteiger charge is 2.26. The van der Waals surface area contributed by atoms with Gasteiger partial charge in [0.25, 0.3) is 5.91 Å². The summed E-state index contributed by atoms with van der Waals surface area (Å²) in [5, 5.41) is 4.36. The maximum atomic E-state index is 12.7. The van der Waals surface area contributed by atoms with Crippen LogP contribution in [0.3, 0.4) is 0 Å². The third kappa shape index (κ3) is 3.51. The van der Waals surface area contributed by atoms with E-state index < -0.39 is 9.84 Å². The summed E-state index contributed by atoms with van der Waals surface area (Å²) in [4.78, 5) is 14.7. The lowest BCUT2D eigenvalue weighted by atomic mass is 10.0. The monoisotopic (exact) mass is 347 g/mol. The Morgan fingerprint density at radius 3 is 2.54 bits per heavy atom. The van der Waals surface area contributed by atoms with E-state index in [1.165, 1.54) is 12.1 Å². The van der Waals surface area contributed by atoms with Crippen molar-refractivity contribution in [3.63, 3.8) is 0 Å². The Kier molecular flexibility index (Phi) is 4.45. The smallest absolute Gasteiger partial charge is 0.253 e. The van der Waals surface area contributed by atoms with Gasteiger partial charge in [-0.15, -0.1) is 0 Å². The first-order valence-electron chi connectivity index (χ1n) is 7.95. The van der Waals surface area contributed by atoms with Crippen LogP contribution in [0.5, 0.6) is 0 Å². The number of benzene rings is 1. The molecule has 1 aromatic heterocycles. The second-order valence-electron chi connectivity index (χ2n) is 6.34. The average molecular weight is 347 g/mol. The van der Waals surface area contributed by atoms with Crippen LogP contribution in [0.4, 0.5) is 0 Å². The molecule has 1 saturated heterocycles. The topological polar surface area (TPSA) is 72.3 Å². The fraction of sp³-hybridized carbons (Fsp3) is 0.412. The molecule has 3 rings (SSSR count). The highest BCUT2D eigenvalue weighted by Crippen LogP contribution is 2.23. The zero-order chi connectivity index (χ0) is 17.3. The van der Waals surface area contributed by atoms with Gasteiger partial charge in [-0.05, 0) is 49.6 Å². The van der Waals surface area contributed by atoms with Gasteiger partial charge in [-0.2, -0.15) is 5.10 Å². The number of aromatic nitrogens is 2. The van der Waals surface area contributed by atoms with Gasteiger partial charge in [0.15, 0.2) is 9.84 Å². The Bertz CT molecular complexity index is 840. The number of hydrogen-bond donors (Lipinski definition) is 0. The van der Waals surface area contributed by atoms with E-state index in [4.69, 9.17) is 0 Å². The van der Waals surface area contributed by atoms with E-state index in [0.29, 0.717) is 18.7 Å². The lowest BCUT2D eigenvalue weighted by molar-refractivity contribution is 0.0673. The van der Waals surface area contributed by atoms with Crippen molar-refractivity contribution >= 4 is 15.7 Å². The summed E-state index contributed by atoms with van der Waals surface area (Å²) < 4.78 is 25.0. The first kappa shape index (κ1) is 16.7. The largest absolute Gasteiger partial charge is 0.337 e. The lowest BCUT2D eigenvalue weighted by Crippen LogP contribution is -2.40. The third-order valence-electron chi connectivity index (χ3n) is 4.32. The van der Waals surface area contributed by atoms with Gasteiger partial charge in [0, 0.05) is 31.1 Å². The lowest BCUT2D eigenvalue weighted by Gasteiger charge is -2.33. The fourth-order valence-electron chi connectivity index (χ4n) is 3.02. The third-order valence-corrected chi connectivity index (χ3v) is 5.45. The van der Waals surface area contributed by atoms with E-state index in [1.807, 2.05) is 28.9 Å². The summed E-state index contributed by atoms with van der Waals surface area (Å²) in [5.41, 5.74) is 1.62. The van der Waals surface area contributed by atoms with E-state index in [1.54, 1.807) is 12.1 Å². The molecule has 0 N–H and O–H groups in total. The summed E-state index contributed by atoms with van der Waals surface area (Å²) in [6.45, 7) is 3.33. The van der Waals surface area contributed by atoms with Crippen molar-refractivity contribution in [2.24, 2.45) is 0 Å². The van der Waals surface area contributed by atoms with E-state index in [2.05, 4.69) is 5.10 Å². The van der Waals surface area contributed by atoms with Crippen LogP contribution in [0.25, 0.3) is 0 Å². The molecule has 1 aromatic carbocycles. The standard InChI is InChI=1S/C17H21N3O3S/c1-13-10-18-20(11-13)15-4-3-9-19(12-15)17(21)14-5-7-16(8-6-14)24(2,22)23/h5-8,10-11,15H,3-4,9,12H2,1-2H3/t15-/m1/s1. The normalized spacial score (nSPS) is 18.6. The van der Waals surface area contributed by atoms with Crippen LogP contribution < -0.4 is 0 Å². The predicted octanol–water partition coefficient (Wildman–Crippen LogP) is 2.07. The number of aryl methyl sites for hydroxylation is 1. The number of rotatable bonds is 3. The molecule has 1 amide bonds. The molecule has 0 bridgehead atoms. The van der Waals surface area contributed by atoms with Gasteiger partial charge in [0.05, 0.1) is 17.1 Å². The van der Waals surface area contributed by atoms with Gasteiger partial charge in [0.2, 0.25) is 0 Å². The number of hydrogen-bond acceptors (Lipinski definition) is 4. The molecule has 7 heteroatoms. The molecule has 2 aromatic rings. The van der Waals surface area contributed by atoms with Crippen LogP contribution in [-0.2, 0) is 9.84 Å². The molecule has 0 radical (unpaired) electrons. The van der Waals surface area contributed by atoms with E-state index in [-0.39, 0.29) is 16.8 Å². The van der Waals surface area contributed by atoms with Crippen LogP contribution >= 0.6 is 0 Å². The molecule has 128 valence electrons. The molecule has 6 nitrogen and oxygen atoms in total. The van der Waals surface area contributed by atoms with Crippen molar-refractivity contribution in [1.82, 2.24) is 14.7 Å². The maximum Gasteiger partial charge on any atom is 0.253 e. The first-order chi connectivity index (χ1) is 11.3. The van der Waals surface area contributed by atoms with Crippen molar-refractivity contribution in [3.05, 3.63) is 47.8 Å². The molecular weight excluding hydrogens is 326 g/mol. The minimum absolute atomic E-state index is 0.0661. The summed E-state index contributed by atoms with van der Waals surface area (Å²) in [5.74, 6) is -0.0661. The van der Waals surface area contributed by atoms with Crippen molar-refractivity contribution in [2.45, 2.75) is 30.7 Å². The van der Waals surface area contributed by atoms with Crippen LogP contribution in [0.2, 0.25) is 0 Å². The number of carbonyl (C=O) groups is 1. The molecule has 1 aliphatic heterocycles. The molecule has 24 heavy (non-hydrogen) atoms. The Morgan fingerprint density at radius 1 is 1.25 bits per heavy atom. The van der Waals surface area contributed by atoms with Crippen molar-refractivity contribution in [2.75, 3.05) is 19.3 Å². The summed E-state index contributed by atoms with van der Waals surface area (Å²) in [6, 6.07) is 6.33. The Morgan fingerprint density at radius 2 is 1.96 bits per heavy atom. The average Bonchev–Trinajstić information content (AvgIpc) is 3.00. The second-order valence-corrected chi connectivity index (χ2v) is 8.36. The first-order valence-corrected chi connectivity index (χ1v) is 9.84. The van der Waals surface area contributed by atoms with Crippen LogP contribution in [-0.4, -0.2) is 48.4 Å². The number of sulfone groups is 1. The van der Waals surface area contributed by atoms with E-state index in [9.17, 15) is 13.2 Å². The van der Waals surface area contributed by atoms with Crippen LogP contribution in [0.1, 0.15) is 34.8 Å². The molecule has 0 aliphatic carbocycles. The van der Waals surface area contributed by atoms with Gasteiger partial charge in [0.1, 0.15) is 0 Å². The van der Waals surface area contributed by atoms with E-state index in [0.717, 1.165) is 24.7 Å². The molecule has 1 aliphatic rings. The SMILES string of the molecule is Cc1cnn([C@@H]2CCCN(C(=O)c3ccc(S(C)(=O)=O)cc3)C2)c1. The zero-order valence-electron chi connectivity index (χ0n) is 13.8. The van der Waals surface area contributed by atoms with Crippen molar-refractivity contribution in [1.29, 1.82) is 0 Å². The van der Waals surface area contributed by atoms with Gasteiger partial charge in [-0.3, -0.25) is 9.48 Å². The predicted molar refractivity (Wildman–Crippen MR) is 90.7 cm³/mol.